The predicted molar refractivity (Wildman–Crippen MR) is 130 cm³/mol. The second-order valence-corrected chi connectivity index (χ2v) is 7.23. The number of carbonyl (C=O) groups is 1. The molecule has 0 aliphatic carbocycles. The number of aryl methyl sites for hydroxylation is 1. The number of phenols is 1. The van der Waals surface area contributed by atoms with Gasteiger partial charge in [-0.15, -0.1) is 0 Å². The lowest BCUT2D eigenvalue weighted by Gasteiger charge is -2.24. The van der Waals surface area contributed by atoms with Crippen molar-refractivity contribution in [3.63, 3.8) is 0 Å². The first-order chi connectivity index (χ1) is 15.6. The van der Waals surface area contributed by atoms with E-state index in [2.05, 4.69) is 10.3 Å². The number of anilines is 3. The van der Waals surface area contributed by atoms with Crippen LogP contribution in [0.15, 0.2) is 108 Å². The van der Waals surface area contributed by atoms with Crippen LogP contribution in [0, 0.1) is 6.92 Å². The molecule has 32 heavy (non-hydrogen) atoms. The van der Waals surface area contributed by atoms with Crippen molar-refractivity contribution < 1.29 is 9.90 Å². The standard InChI is InChI=1S/C27H23N3O2/c1-20-11-5-8-16-24(20)30(19-28-23-15-7-10-18-26(23)31)25-17-9-6-14-22(25)29-27(32)21-12-3-2-4-13-21/h2-19,31H,1H3,(H,29,32). The maximum Gasteiger partial charge on any atom is 0.255 e. The van der Waals surface area contributed by atoms with Gasteiger partial charge in [-0.1, -0.05) is 60.7 Å². The van der Waals surface area contributed by atoms with Crippen molar-refractivity contribution in [1.82, 2.24) is 0 Å². The lowest BCUT2D eigenvalue weighted by molar-refractivity contribution is 0.102. The van der Waals surface area contributed by atoms with Crippen LogP contribution in [0.2, 0.25) is 0 Å². The maximum atomic E-state index is 12.8. The van der Waals surface area contributed by atoms with E-state index in [1.807, 2.05) is 84.6 Å². The van der Waals surface area contributed by atoms with E-state index in [-0.39, 0.29) is 11.7 Å². The van der Waals surface area contributed by atoms with Gasteiger partial charge in [0.2, 0.25) is 0 Å². The Labute approximate surface area is 187 Å². The second kappa shape index (κ2) is 9.62. The van der Waals surface area contributed by atoms with E-state index < -0.39 is 0 Å². The van der Waals surface area contributed by atoms with Gasteiger partial charge in [0.1, 0.15) is 17.8 Å². The molecule has 4 rings (SSSR count). The van der Waals surface area contributed by atoms with Crippen LogP contribution in [0.1, 0.15) is 15.9 Å². The number of rotatable bonds is 6. The summed E-state index contributed by atoms with van der Waals surface area (Å²) in [4.78, 5) is 19.2. The van der Waals surface area contributed by atoms with E-state index in [4.69, 9.17) is 0 Å². The van der Waals surface area contributed by atoms with Crippen molar-refractivity contribution in [3.05, 3.63) is 114 Å². The van der Waals surface area contributed by atoms with Crippen molar-refractivity contribution in [2.45, 2.75) is 6.92 Å². The fourth-order valence-electron chi connectivity index (χ4n) is 3.35. The summed E-state index contributed by atoms with van der Waals surface area (Å²) in [5, 5.41) is 13.1. The lowest BCUT2D eigenvalue weighted by atomic mass is 10.1. The van der Waals surface area contributed by atoms with Crippen molar-refractivity contribution in [1.29, 1.82) is 0 Å². The lowest BCUT2D eigenvalue weighted by Crippen LogP contribution is -2.19. The first-order valence-corrected chi connectivity index (χ1v) is 10.3. The summed E-state index contributed by atoms with van der Waals surface area (Å²) >= 11 is 0. The fourth-order valence-corrected chi connectivity index (χ4v) is 3.35. The van der Waals surface area contributed by atoms with Crippen LogP contribution in [0.25, 0.3) is 0 Å². The highest BCUT2D eigenvalue weighted by atomic mass is 16.3. The smallest absolute Gasteiger partial charge is 0.255 e. The number of para-hydroxylation sites is 5. The number of hydrogen-bond acceptors (Lipinski definition) is 3. The van der Waals surface area contributed by atoms with Crippen LogP contribution in [-0.4, -0.2) is 17.4 Å². The molecule has 0 heterocycles. The van der Waals surface area contributed by atoms with Gasteiger partial charge < -0.3 is 10.4 Å². The van der Waals surface area contributed by atoms with Gasteiger partial charge in [-0.05, 0) is 55.0 Å². The minimum Gasteiger partial charge on any atom is -0.506 e. The molecule has 2 N–H and O–H groups in total. The second-order valence-electron chi connectivity index (χ2n) is 7.23. The highest BCUT2D eigenvalue weighted by Crippen LogP contribution is 2.34. The van der Waals surface area contributed by atoms with Gasteiger partial charge in [0.15, 0.2) is 0 Å². The number of carbonyl (C=O) groups excluding carboxylic acids is 1. The number of aliphatic imine (C=N–C) groups is 1. The molecule has 5 heteroatoms. The summed E-state index contributed by atoms with van der Waals surface area (Å²) in [6, 6.07) is 31.5. The van der Waals surface area contributed by atoms with Crippen LogP contribution in [0.5, 0.6) is 5.75 Å². The zero-order chi connectivity index (χ0) is 22.3. The molecule has 0 aliphatic rings. The Balaban J connectivity index is 1.76. The molecule has 1 amide bonds. The van der Waals surface area contributed by atoms with Crippen LogP contribution < -0.4 is 10.2 Å². The predicted octanol–water partition coefficient (Wildman–Crippen LogP) is 6.45. The molecular formula is C27H23N3O2. The van der Waals surface area contributed by atoms with Crippen LogP contribution in [-0.2, 0) is 0 Å². The van der Waals surface area contributed by atoms with Gasteiger partial charge >= 0.3 is 0 Å². The first kappa shape index (κ1) is 20.9. The van der Waals surface area contributed by atoms with Gasteiger partial charge in [-0.3, -0.25) is 9.69 Å². The van der Waals surface area contributed by atoms with Crippen molar-refractivity contribution in [2.75, 3.05) is 10.2 Å². The molecule has 158 valence electrons. The number of nitrogens with zero attached hydrogens (tertiary/aromatic N) is 2. The third-order valence-electron chi connectivity index (χ3n) is 5.02. The average Bonchev–Trinajstić information content (AvgIpc) is 2.83. The minimum atomic E-state index is -0.194. The molecule has 5 nitrogen and oxygen atoms in total. The Bertz CT molecular complexity index is 1250. The summed E-state index contributed by atoms with van der Waals surface area (Å²) < 4.78 is 0. The zero-order valence-corrected chi connectivity index (χ0v) is 17.6. The molecule has 0 fully saturated rings. The summed E-state index contributed by atoms with van der Waals surface area (Å²) in [5.41, 5.74) is 4.39. The van der Waals surface area contributed by atoms with Crippen LogP contribution >= 0.6 is 0 Å². The van der Waals surface area contributed by atoms with Gasteiger partial charge in [-0.2, -0.15) is 0 Å². The number of benzene rings is 4. The average molecular weight is 422 g/mol. The summed E-state index contributed by atoms with van der Waals surface area (Å²) in [7, 11) is 0. The van der Waals surface area contributed by atoms with E-state index >= 15 is 0 Å². The van der Waals surface area contributed by atoms with Gasteiger partial charge in [0.25, 0.3) is 5.91 Å². The topological polar surface area (TPSA) is 64.9 Å². The molecule has 0 spiro atoms. The highest BCUT2D eigenvalue weighted by molar-refractivity contribution is 6.07. The summed E-state index contributed by atoms with van der Waals surface area (Å²) in [6.45, 7) is 2.02. The molecule has 0 bridgehead atoms. The largest absolute Gasteiger partial charge is 0.506 e. The van der Waals surface area contributed by atoms with E-state index in [1.54, 1.807) is 36.7 Å². The third-order valence-corrected chi connectivity index (χ3v) is 5.02. The van der Waals surface area contributed by atoms with Crippen molar-refractivity contribution >= 4 is 35.0 Å². The quantitative estimate of drug-likeness (QED) is 0.278. The molecule has 0 aliphatic heterocycles. The van der Waals surface area contributed by atoms with Crippen molar-refractivity contribution in [3.8, 4) is 5.75 Å². The Morgan fingerprint density at radius 3 is 2.19 bits per heavy atom. The maximum absolute atomic E-state index is 12.8. The number of nitrogens with one attached hydrogen (secondary N) is 1. The molecular weight excluding hydrogens is 398 g/mol. The number of phenolic OH excluding ortho intramolecular Hbond substituents is 1. The van der Waals surface area contributed by atoms with E-state index in [9.17, 15) is 9.90 Å². The fraction of sp³-hybridized carbons (Fsp3) is 0.0370. The Morgan fingerprint density at radius 2 is 1.44 bits per heavy atom. The highest BCUT2D eigenvalue weighted by Gasteiger charge is 2.16. The molecule has 0 radical (unpaired) electrons. The molecule has 0 atom stereocenters. The molecule has 4 aromatic rings. The molecule has 0 aromatic heterocycles. The number of aromatic hydroxyl groups is 1. The normalized spacial score (nSPS) is 10.8. The van der Waals surface area contributed by atoms with Crippen LogP contribution in [0.4, 0.5) is 22.7 Å². The Hall–Kier alpha value is -4.38. The molecule has 0 saturated heterocycles. The van der Waals surface area contributed by atoms with Gasteiger partial charge in [0, 0.05) is 5.56 Å². The minimum absolute atomic E-state index is 0.0964. The van der Waals surface area contributed by atoms with Gasteiger partial charge in [-0.25, -0.2) is 4.99 Å². The monoisotopic (exact) mass is 421 g/mol. The van der Waals surface area contributed by atoms with E-state index in [0.29, 0.717) is 16.9 Å². The summed E-state index contributed by atoms with van der Waals surface area (Å²) in [6.07, 6.45) is 1.66. The molecule has 0 unspecified atom stereocenters. The SMILES string of the molecule is Cc1ccccc1N(C=Nc1ccccc1O)c1ccccc1NC(=O)c1ccccc1. The first-order valence-electron chi connectivity index (χ1n) is 10.3. The Kier molecular flexibility index (Phi) is 6.28. The summed E-state index contributed by atoms with van der Waals surface area (Å²) in [5.74, 6) is -0.0976. The van der Waals surface area contributed by atoms with Crippen molar-refractivity contribution in [2.24, 2.45) is 4.99 Å². The molecule has 4 aromatic carbocycles. The third kappa shape index (κ3) is 4.68. The van der Waals surface area contributed by atoms with E-state index in [0.717, 1.165) is 16.9 Å². The number of amides is 1. The molecule has 0 saturated carbocycles. The van der Waals surface area contributed by atoms with E-state index in [1.165, 1.54) is 0 Å². The zero-order valence-electron chi connectivity index (χ0n) is 17.6. The number of hydrogen-bond donors (Lipinski definition) is 2. The Morgan fingerprint density at radius 1 is 0.812 bits per heavy atom. The van der Waals surface area contributed by atoms with Gasteiger partial charge in [0.05, 0.1) is 17.1 Å². The van der Waals surface area contributed by atoms with Crippen LogP contribution in [0.3, 0.4) is 0 Å².